The van der Waals surface area contributed by atoms with Crippen molar-refractivity contribution in [1.82, 2.24) is 0 Å². The van der Waals surface area contributed by atoms with Crippen LogP contribution < -0.4 is 5.73 Å². The highest BCUT2D eigenvalue weighted by molar-refractivity contribution is 5.41. The van der Waals surface area contributed by atoms with E-state index in [9.17, 15) is 4.39 Å². The molecule has 0 aliphatic carbocycles. The number of halogens is 1. The predicted molar refractivity (Wildman–Crippen MR) is 64.1 cm³/mol. The number of benzene rings is 1. The van der Waals surface area contributed by atoms with Crippen LogP contribution in [0.25, 0.3) is 0 Å². The zero-order valence-corrected chi connectivity index (χ0v) is 9.82. The Morgan fingerprint density at radius 2 is 2.24 bits per heavy atom. The first-order valence-corrected chi connectivity index (χ1v) is 5.98. The van der Waals surface area contributed by atoms with Crippen LogP contribution in [0, 0.1) is 5.82 Å². The van der Waals surface area contributed by atoms with E-state index in [1.165, 1.54) is 18.6 Å². The molecule has 0 radical (unpaired) electrons. The number of hydrogen-bond acceptors (Lipinski definition) is 3. The molecule has 94 valence electrons. The fourth-order valence-corrected chi connectivity index (χ4v) is 2.01. The molecule has 1 aromatic carbocycles. The van der Waals surface area contributed by atoms with Gasteiger partial charge in [0.25, 0.3) is 0 Å². The molecule has 0 spiro atoms. The summed E-state index contributed by atoms with van der Waals surface area (Å²) < 4.78 is 24.1. The molecule has 2 N–H and O–H groups in total. The van der Waals surface area contributed by atoms with Crippen molar-refractivity contribution in [3.63, 3.8) is 0 Å². The summed E-state index contributed by atoms with van der Waals surface area (Å²) in [6.07, 6.45) is 3.57. The van der Waals surface area contributed by atoms with Gasteiger partial charge >= 0.3 is 0 Å². The molecule has 2 rings (SSSR count). The van der Waals surface area contributed by atoms with Crippen molar-refractivity contribution in [1.29, 1.82) is 0 Å². The Labute approximate surface area is 101 Å². The maximum absolute atomic E-state index is 13.0. The lowest BCUT2D eigenvalue weighted by atomic mass is 10.1. The monoisotopic (exact) mass is 239 g/mol. The molecule has 0 aromatic heterocycles. The van der Waals surface area contributed by atoms with Gasteiger partial charge in [0.1, 0.15) is 5.82 Å². The highest BCUT2D eigenvalue weighted by Crippen LogP contribution is 2.15. The van der Waals surface area contributed by atoms with Crippen molar-refractivity contribution >= 4 is 5.69 Å². The molecule has 1 aromatic rings. The molecule has 1 heterocycles. The molecular formula is C13H18FNO2. The minimum Gasteiger partial charge on any atom is -0.399 e. The summed E-state index contributed by atoms with van der Waals surface area (Å²) in [4.78, 5) is 0. The molecule has 0 bridgehead atoms. The predicted octanol–water partition coefficient (Wildman–Crippen LogP) is 2.49. The lowest BCUT2D eigenvalue weighted by molar-refractivity contribution is -0.0447. The summed E-state index contributed by atoms with van der Waals surface area (Å²) in [6, 6.07) is 4.47. The Morgan fingerprint density at radius 1 is 1.35 bits per heavy atom. The van der Waals surface area contributed by atoms with Crippen LogP contribution in [-0.4, -0.2) is 19.3 Å². The molecule has 1 aliphatic heterocycles. The van der Waals surface area contributed by atoms with E-state index < -0.39 is 0 Å². The van der Waals surface area contributed by atoms with Crippen LogP contribution in [0.4, 0.5) is 10.1 Å². The van der Waals surface area contributed by atoms with Gasteiger partial charge in [-0.3, -0.25) is 0 Å². The van der Waals surface area contributed by atoms with E-state index in [0.717, 1.165) is 25.0 Å². The van der Waals surface area contributed by atoms with E-state index >= 15 is 0 Å². The van der Waals surface area contributed by atoms with E-state index in [2.05, 4.69) is 0 Å². The Kier molecular flexibility index (Phi) is 4.34. The van der Waals surface area contributed by atoms with Crippen LogP contribution in [0.5, 0.6) is 0 Å². The van der Waals surface area contributed by atoms with Gasteiger partial charge in [0.05, 0.1) is 19.3 Å². The second kappa shape index (κ2) is 5.98. The molecule has 1 atom stereocenters. The molecular weight excluding hydrogens is 221 g/mol. The number of nitrogens with two attached hydrogens (primary N) is 1. The quantitative estimate of drug-likeness (QED) is 0.821. The third kappa shape index (κ3) is 3.98. The fourth-order valence-electron chi connectivity index (χ4n) is 2.01. The van der Waals surface area contributed by atoms with E-state index in [1.54, 1.807) is 6.07 Å². The van der Waals surface area contributed by atoms with Crippen molar-refractivity contribution in [2.75, 3.05) is 18.9 Å². The van der Waals surface area contributed by atoms with E-state index in [0.29, 0.717) is 18.9 Å². The van der Waals surface area contributed by atoms with Gasteiger partial charge < -0.3 is 15.2 Å². The van der Waals surface area contributed by atoms with Crippen LogP contribution in [0.2, 0.25) is 0 Å². The summed E-state index contributed by atoms with van der Waals surface area (Å²) in [5, 5.41) is 0. The van der Waals surface area contributed by atoms with Crippen molar-refractivity contribution < 1.29 is 13.9 Å². The Balaban J connectivity index is 1.77. The average Bonchev–Trinajstić information content (AvgIpc) is 2.29. The average molecular weight is 239 g/mol. The third-order valence-corrected chi connectivity index (χ3v) is 2.83. The zero-order valence-electron chi connectivity index (χ0n) is 9.82. The van der Waals surface area contributed by atoms with Gasteiger partial charge in [-0.25, -0.2) is 4.39 Å². The summed E-state index contributed by atoms with van der Waals surface area (Å²) in [5.74, 6) is -0.322. The second-order valence-corrected chi connectivity index (χ2v) is 4.40. The van der Waals surface area contributed by atoms with Gasteiger partial charge in [0.15, 0.2) is 0 Å². The van der Waals surface area contributed by atoms with Gasteiger partial charge in [-0.15, -0.1) is 0 Å². The standard InChI is InChI=1S/C13H18FNO2/c14-11-5-10(6-12(15)7-11)8-16-9-13-3-1-2-4-17-13/h5-7,13H,1-4,8-9,15H2. The fraction of sp³-hybridized carbons (Fsp3) is 0.538. The second-order valence-electron chi connectivity index (χ2n) is 4.40. The normalized spacial score (nSPS) is 20.4. The molecule has 3 nitrogen and oxygen atoms in total. The summed E-state index contributed by atoms with van der Waals surface area (Å²) >= 11 is 0. The first-order valence-electron chi connectivity index (χ1n) is 5.98. The topological polar surface area (TPSA) is 44.5 Å². The molecule has 0 saturated carbocycles. The largest absolute Gasteiger partial charge is 0.399 e. The van der Waals surface area contributed by atoms with Crippen molar-refractivity contribution in [3.8, 4) is 0 Å². The van der Waals surface area contributed by atoms with E-state index in [1.807, 2.05) is 0 Å². The van der Waals surface area contributed by atoms with Gasteiger partial charge in [-0.1, -0.05) is 0 Å². The molecule has 1 fully saturated rings. The molecule has 0 amide bonds. The Bertz CT molecular complexity index is 344. The number of hydrogen-bond donors (Lipinski definition) is 1. The smallest absolute Gasteiger partial charge is 0.125 e. The Morgan fingerprint density at radius 3 is 2.94 bits per heavy atom. The third-order valence-electron chi connectivity index (χ3n) is 2.83. The molecule has 1 aliphatic rings. The van der Waals surface area contributed by atoms with Crippen molar-refractivity contribution in [2.24, 2.45) is 0 Å². The van der Waals surface area contributed by atoms with Crippen LogP contribution in [0.3, 0.4) is 0 Å². The van der Waals surface area contributed by atoms with Crippen LogP contribution in [0.15, 0.2) is 18.2 Å². The SMILES string of the molecule is Nc1cc(F)cc(COCC2CCCCO2)c1. The van der Waals surface area contributed by atoms with E-state index in [4.69, 9.17) is 15.2 Å². The molecule has 17 heavy (non-hydrogen) atoms. The van der Waals surface area contributed by atoms with E-state index in [-0.39, 0.29) is 11.9 Å². The number of nitrogen functional groups attached to an aromatic ring is 1. The minimum atomic E-state index is -0.322. The van der Waals surface area contributed by atoms with Crippen LogP contribution in [0.1, 0.15) is 24.8 Å². The van der Waals surface area contributed by atoms with Crippen LogP contribution >= 0.6 is 0 Å². The summed E-state index contributed by atoms with van der Waals surface area (Å²) in [5.41, 5.74) is 6.74. The number of rotatable bonds is 4. The van der Waals surface area contributed by atoms with Gasteiger partial charge in [-0.2, -0.15) is 0 Å². The summed E-state index contributed by atoms with van der Waals surface area (Å²) in [7, 11) is 0. The van der Waals surface area contributed by atoms with Crippen LogP contribution in [-0.2, 0) is 16.1 Å². The van der Waals surface area contributed by atoms with Crippen molar-refractivity contribution in [3.05, 3.63) is 29.6 Å². The number of ether oxygens (including phenoxy) is 2. The first kappa shape index (κ1) is 12.3. The maximum atomic E-state index is 13.0. The molecule has 1 saturated heterocycles. The molecule has 1 unspecified atom stereocenters. The number of anilines is 1. The van der Waals surface area contributed by atoms with Gasteiger partial charge in [-0.05, 0) is 43.0 Å². The first-order chi connectivity index (χ1) is 8.24. The summed E-state index contributed by atoms with van der Waals surface area (Å²) in [6.45, 7) is 1.76. The minimum absolute atomic E-state index is 0.189. The van der Waals surface area contributed by atoms with Crippen molar-refractivity contribution in [2.45, 2.75) is 32.0 Å². The van der Waals surface area contributed by atoms with Gasteiger partial charge in [0.2, 0.25) is 0 Å². The Hall–Kier alpha value is -1.13. The lowest BCUT2D eigenvalue weighted by Crippen LogP contribution is -2.24. The zero-order chi connectivity index (χ0) is 12.1. The highest BCUT2D eigenvalue weighted by atomic mass is 19.1. The highest BCUT2D eigenvalue weighted by Gasteiger charge is 2.13. The van der Waals surface area contributed by atoms with Gasteiger partial charge in [0, 0.05) is 12.3 Å². The molecule has 4 heteroatoms. The lowest BCUT2D eigenvalue weighted by Gasteiger charge is -2.22. The maximum Gasteiger partial charge on any atom is 0.125 e.